The van der Waals surface area contributed by atoms with Gasteiger partial charge in [-0.2, -0.15) is 0 Å². The minimum absolute atomic E-state index is 0.189. The van der Waals surface area contributed by atoms with Crippen molar-refractivity contribution in [2.75, 3.05) is 7.11 Å². The van der Waals surface area contributed by atoms with Crippen molar-refractivity contribution in [3.63, 3.8) is 0 Å². The molecule has 92 valence electrons. The van der Waals surface area contributed by atoms with Gasteiger partial charge in [-0.25, -0.2) is 4.68 Å². The summed E-state index contributed by atoms with van der Waals surface area (Å²) >= 11 is 1.59. The zero-order valence-electron chi connectivity index (χ0n) is 9.96. The first-order chi connectivity index (χ1) is 8.26. The molecule has 2 N–H and O–H groups in total. The second-order valence-corrected chi connectivity index (χ2v) is 4.69. The summed E-state index contributed by atoms with van der Waals surface area (Å²) < 4.78 is 7.01. The number of hydrogen-bond donors (Lipinski definition) is 1. The number of methoxy groups -OCH3 is 1. The molecule has 2 aromatic heterocycles. The first-order valence-electron chi connectivity index (χ1n) is 5.52. The summed E-state index contributed by atoms with van der Waals surface area (Å²) in [5, 5.41) is 9.91. The second kappa shape index (κ2) is 5.29. The lowest BCUT2D eigenvalue weighted by atomic mass is 10.2. The Labute approximate surface area is 104 Å². The molecule has 2 aromatic rings. The van der Waals surface area contributed by atoms with Gasteiger partial charge in [0.2, 0.25) is 0 Å². The Hall–Kier alpha value is -1.40. The van der Waals surface area contributed by atoms with Crippen molar-refractivity contribution >= 4 is 11.3 Å². The number of aromatic nitrogens is 3. The van der Waals surface area contributed by atoms with Crippen LogP contribution >= 0.6 is 11.3 Å². The van der Waals surface area contributed by atoms with Gasteiger partial charge in [-0.3, -0.25) is 0 Å². The summed E-state index contributed by atoms with van der Waals surface area (Å²) in [5.41, 5.74) is 7.15. The van der Waals surface area contributed by atoms with Crippen LogP contribution in [-0.4, -0.2) is 22.1 Å². The molecule has 0 bridgehead atoms. The predicted molar refractivity (Wildman–Crippen MR) is 67.2 cm³/mol. The van der Waals surface area contributed by atoms with Crippen LogP contribution in [0, 0.1) is 0 Å². The normalized spacial score (nSPS) is 12.6. The predicted octanol–water partition coefficient (Wildman–Crippen LogP) is 1.81. The highest BCUT2D eigenvalue weighted by Crippen LogP contribution is 2.29. The number of rotatable bonds is 5. The molecule has 0 aliphatic heterocycles. The third-order valence-corrected chi connectivity index (χ3v) is 3.53. The van der Waals surface area contributed by atoms with Gasteiger partial charge in [-0.05, 0) is 12.5 Å². The largest absolute Gasteiger partial charge is 0.496 e. The molecule has 0 saturated heterocycles. The highest BCUT2D eigenvalue weighted by Gasteiger charge is 2.16. The number of nitrogens with zero attached hydrogens (tertiary/aromatic N) is 3. The van der Waals surface area contributed by atoms with Crippen LogP contribution in [0.25, 0.3) is 0 Å². The summed E-state index contributed by atoms with van der Waals surface area (Å²) in [6.45, 7) is 2.94. The van der Waals surface area contributed by atoms with Crippen LogP contribution in [0.2, 0.25) is 0 Å². The maximum Gasteiger partial charge on any atom is 0.129 e. The molecule has 0 fully saturated rings. The first kappa shape index (κ1) is 12.1. The fraction of sp³-hybridized carbons (Fsp3) is 0.455. The summed E-state index contributed by atoms with van der Waals surface area (Å²) in [6, 6.07) is 1.77. The van der Waals surface area contributed by atoms with Crippen LogP contribution in [0.15, 0.2) is 17.6 Å². The van der Waals surface area contributed by atoms with Crippen LogP contribution in [-0.2, 0) is 6.54 Å². The van der Waals surface area contributed by atoms with Gasteiger partial charge in [0.05, 0.1) is 25.0 Å². The number of ether oxygens (including phenoxy) is 1. The van der Waals surface area contributed by atoms with Crippen LogP contribution in [0.5, 0.6) is 5.75 Å². The van der Waals surface area contributed by atoms with Crippen LogP contribution in [0.3, 0.4) is 0 Å². The molecule has 0 aliphatic carbocycles. The van der Waals surface area contributed by atoms with Crippen molar-refractivity contribution in [2.24, 2.45) is 5.73 Å². The van der Waals surface area contributed by atoms with Gasteiger partial charge in [0.1, 0.15) is 5.75 Å². The van der Waals surface area contributed by atoms with Gasteiger partial charge in [0, 0.05) is 16.8 Å². The fourth-order valence-electron chi connectivity index (χ4n) is 1.64. The van der Waals surface area contributed by atoms with Gasteiger partial charge in [0.15, 0.2) is 0 Å². The molecule has 0 radical (unpaired) electrons. The van der Waals surface area contributed by atoms with E-state index in [-0.39, 0.29) is 6.04 Å². The lowest BCUT2D eigenvalue weighted by Gasteiger charge is -2.10. The smallest absolute Gasteiger partial charge is 0.129 e. The highest BCUT2D eigenvalue weighted by atomic mass is 32.1. The van der Waals surface area contributed by atoms with Crippen molar-refractivity contribution in [2.45, 2.75) is 25.9 Å². The Kier molecular flexibility index (Phi) is 3.75. The monoisotopic (exact) mass is 252 g/mol. The molecule has 0 spiro atoms. The minimum Gasteiger partial charge on any atom is -0.496 e. The van der Waals surface area contributed by atoms with Crippen molar-refractivity contribution in [1.29, 1.82) is 0 Å². The lowest BCUT2D eigenvalue weighted by molar-refractivity contribution is 0.416. The van der Waals surface area contributed by atoms with Crippen molar-refractivity contribution < 1.29 is 4.74 Å². The molecule has 0 aliphatic rings. The summed E-state index contributed by atoms with van der Waals surface area (Å²) in [6.07, 6.45) is 2.74. The third-order valence-electron chi connectivity index (χ3n) is 2.54. The first-order valence-corrected chi connectivity index (χ1v) is 6.40. The number of nitrogens with two attached hydrogens (primary N) is 1. The Bertz CT molecular complexity index is 479. The molecule has 2 rings (SSSR count). The Morgan fingerprint density at radius 2 is 2.41 bits per heavy atom. The standard InChI is InChI=1S/C11H16N4OS/c1-3-4-15-9(6-13-14-15)11(12)10-5-8(16-2)7-17-10/h5-7,11H,3-4,12H2,1-2H3. The van der Waals surface area contributed by atoms with Crippen LogP contribution in [0.1, 0.15) is 30.0 Å². The minimum atomic E-state index is -0.189. The molecule has 17 heavy (non-hydrogen) atoms. The van der Waals surface area contributed by atoms with E-state index in [2.05, 4.69) is 17.2 Å². The van der Waals surface area contributed by atoms with E-state index >= 15 is 0 Å². The van der Waals surface area contributed by atoms with E-state index in [0.29, 0.717) is 0 Å². The van der Waals surface area contributed by atoms with Crippen LogP contribution < -0.4 is 10.5 Å². The Morgan fingerprint density at radius 1 is 1.59 bits per heavy atom. The average molecular weight is 252 g/mol. The molecule has 0 aromatic carbocycles. The molecule has 2 heterocycles. The van der Waals surface area contributed by atoms with Crippen molar-refractivity contribution in [3.05, 3.63) is 28.2 Å². The molecule has 0 amide bonds. The second-order valence-electron chi connectivity index (χ2n) is 3.75. The van der Waals surface area contributed by atoms with Gasteiger partial charge in [-0.15, -0.1) is 16.4 Å². The Balaban J connectivity index is 2.23. The lowest BCUT2D eigenvalue weighted by Crippen LogP contribution is -2.16. The average Bonchev–Trinajstić information content (AvgIpc) is 2.97. The molecular formula is C11H16N4OS. The number of aryl methyl sites for hydroxylation is 1. The SMILES string of the molecule is CCCn1nncc1C(N)c1cc(OC)cs1. The topological polar surface area (TPSA) is 66.0 Å². The van der Waals surface area contributed by atoms with Gasteiger partial charge in [0.25, 0.3) is 0 Å². The van der Waals surface area contributed by atoms with Gasteiger partial charge in [-0.1, -0.05) is 12.1 Å². The molecule has 1 atom stereocenters. The van der Waals surface area contributed by atoms with E-state index < -0.39 is 0 Å². The fourth-order valence-corrected chi connectivity index (χ4v) is 2.51. The quantitative estimate of drug-likeness (QED) is 0.881. The van der Waals surface area contributed by atoms with Crippen molar-refractivity contribution in [3.8, 4) is 5.75 Å². The summed E-state index contributed by atoms with van der Waals surface area (Å²) in [7, 11) is 1.65. The zero-order valence-corrected chi connectivity index (χ0v) is 10.8. The van der Waals surface area contributed by atoms with Gasteiger partial charge < -0.3 is 10.5 Å². The van der Waals surface area contributed by atoms with E-state index in [1.807, 2.05) is 16.1 Å². The zero-order chi connectivity index (χ0) is 12.3. The number of thiophene rings is 1. The summed E-state index contributed by atoms with van der Waals surface area (Å²) in [5.74, 6) is 0.843. The van der Waals surface area contributed by atoms with Gasteiger partial charge >= 0.3 is 0 Å². The third kappa shape index (κ3) is 2.48. The Morgan fingerprint density at radius 3 is 3.06 bits per heavy atom. The van der Waals surface area contributed by atoms with E-state index in [4.69, 9.17) is 10.5 Å². The van der Waals surface area contributed by atoms with E-state index in [1.165, 1.54) is 0 Å². The molecule has 0 saturated carbocycles. The summed E-state index contributed by atoms with van der Waals surface area (Å²) in [4.78, 5) is 1.06. The maximum atomic E-state index is 6.21. The highest BCUT2D eigenvalue weighted by molar-refractivity contribution is 7.10. The molecule has 5 nitrogen and oxygen atoms in total. The van der Waals surface area contributed by atoms with E-state index in [0.717, 1.165) is 29.3 Å². The van der Waals surface area contributed by atoms with Crippen LogP contribution in [0.4, 0.5) is 0 Å². The van der Waals surface area contributed by atoms with E-state index in [1.54, 1.807) is 24.6 Å². The maximum absolute atomic E-state index is 6.21. The van der Waals surface area contributed by atoms with Crippen molar-refractivity contribution in [1.82, 2.24) is 15.0 Å². The number of hydrogen-bond acceptors (Lipinski definition) is 5. The molecular weight excluding hydrogens is 236 g/mol. The van der Waals surface area contributed by atoms with E-state index in [9.17, 15) is 0 Å². The molecule has 6 heteroatoms. The molecule has 1 unspecified atom stereocenters.